The summed E-state index contributed by atoms with van der Waals surface area (Å²) >= 11 is 0. The lowest BCUT2D eigenvalue weighted by molar-refractivity contribution is -0.384. The highest BCUT2D eigenvalue weighted by Crippen LogP contribution is 2.27. The van der Waals surface area contributed by atoms with Crippen LogP contribution < -0.4 is 16.0 Å². The second kappa shape index (κ2) is 12.3. The van der Waals surface area contributed by atoms with Crippen molar-refractivity contribution in [1.29, 1.82) is 0 Å². The first-order chi connectivity index (χ1) is 13.7. The van der Waals surface area contributed by atoms with E-state index in [1.54, 1.807) is 0 Å². The second-order valence-electron chi connectivity index (χ2n) is 7.50. The first-order valence-corrected chi connectivity index (χ1v) is 11.9. The summed E-state index contributed by atoms with van der Waals surface area (Å²) in [7, 11) is -3.51. The minimum absolute atomic E-state index is 0. The number of nitrogens with zero attached hydrogens (tertiary/aromatic N) is 2. The molecule has 1 saturated carbocycles. The number of benzene rings is 1. The van der Waals surface area contributed by atoms with Crippen LogP contribution in [0.1, 0.15) is 39.5 Å². The lowest BCUT2D eigenvalue weighted by Gasteiger charge is -2.28. The van der Waals surface area contributed by atoms with Gasteiger partial charge in [-0.3, -0.25) is 15.1 Å². The van der Waals surface area contributed by atoms with E-state index in [9.17, 15) is 18.5 Å². The predicted molar refractivity (Wildman–Crippen MR) is 131 cm³/mol. The fraction of sp³-hybridized carbons (Fsp3) is 0.632. The largest absolute Gasteiger partial charge is 0.378 e. The Morgan fingerprint density at radius 1 is 1.27 bits per heavy atom. The van der Waals surface area contributed by atoms with Gasteiger partial charge in [-0.15, -0.1) is 24.0 Å². The van der Waals surface area contributed by atoms with Gasteiger partial charge in [0.15, 0.2) is 15.8 Å². The van der Waals surface area contributed by atoms with Gasteiger partial charge in [-0.25, -0.2) is 8.42 Å². The number of hydrogen-bond donors (Lipinski definition) is 3. The van der Waals surface area contributed by atoms with E-state index in [1.807, 2.05) is 6.92 Å². The van der Waals surface area contributed by atoms with E-state index < -0.39 is 14.8 Å². The summed E-state index contributed by atoms with van der Waals surface area (Å²) in [6.45, 7) is 5.84. The molecule has 0 spiro atoms. The molecule has 11 heteroatoms. The maximum atomic E-state index is 11.6. The molecule has 170 valence electrons. The van der Waals surface area contributed by atoms with Gasteiger partial charge in [0.1, 0.15) is 5.69 Å². The molecule has 0 unspecified atom stereocenters. The van der Waals surface area contributed by atoms with Crippen LogP contribution in [0.3, 0.4) is 0 Å². The molecule has 30 heavy (non-hydrogen) atoms. The van der Waals surface area contributed by atoms with E-state index in [2.05, 4.69) is 27.9 Å². The second-order valence-corrected chi connectivity index (χ2v) is 9.51. The molecule has 1 aliphatic rings. The molecule has 0 aromatic heterocycles. The van der Waals surface area contributed by atoms with Gasteiger partial charge in [-0.05, 0) is 50.7 Å². The number of hydrogen-bond acceptors (Lipinski definition) is 6. The van der Waals surface area contributed by atoms with Crippen LogP contribution in [0.5, 0.6) is 0 Å². The van der Waals surface area contributed by atoms with Crippen LogP contribution in [-0.4, -0.2) is 51.2 Å². The number of halogens is 1. The number of nitrogens with one attached hydrogen (secondary N) is 3. The molecule has 2 rings (SSSR count). The highest BCUT2D eigenvalue weighted by Gasteiger charge is 2.20. The molecular weight excluding hydrogens is 521 g/mol. The van der Waals surface area contributed by atoms with Crippen molar-refractivity contribution in [2.75, 3.05) is 31.2 Å². The summed E-state index contributed by atoms with van der Waals surface area (Å²) < 4.78 is 23.2. The number of aliphatic imine (C=N–C) groups is 1. The van der Waals surface area contributed by atoms with Crippen molar-refractivity contribution in [1.82, 2.24) is 10.6 Å². The molecule has 9 nitrogen and oxygen atoms in total. The van der Waals surface area contributed by atoms with Gasteiger partial charge >= 0.3 is 0 Å². The molecular formula is C19H32IN5O4S. The van der Waals surface area contributed by atoms with Crippen molar-refractivity contribution < 1.29 is 13.3 Å². The lowest BCUT2D eigenvalue weighted by atomic mass is 9.87. The summed E-state index contributed by atoms with van der Waals surface area (Å²) in [5.41, 5.74) is 0.00934. The van der Waals surface area contributed by atoms with E-state index >= 15 is 0 Å². The van der Waals surface area contributed by atoms with Gasteiger partial charge in [0.2, 0.25) is 0 Å². The molecule has 0 bridgehead atoms. The van der Waals surface area contributed by atoms with Crippen LogP contribution in [0.15, 0.2) is 28.1 Å². The molecule has 1 aromatic rings. The zero-order valence-electron chi connectivity index (χ0n) is 17.7. The molecule has 1 aromatic carbocycles. The highest BCUT2D eigenvalue weighted by atomic mass is 127. The van der Waals surface area contributed by atoms with E-state index in [4.69, 9.17) is 0 Å². The topological polar surface area (TPSA) is 126 Å². The van der Waals surface area contributed by atoms with E-state index in [1.165, 1.54) is 25.0 Å². The Bertz CT molecular complexity index is 839. The fourth-order valence-electron chi connectivity index (χ4n) is 3.32. The first-order valence-electron chi connectivity index (χ1n) is 9.98. The van der Waals surface area contributed by atoms with Gasteiger partial charge in [-0.2, -0.15) is 0 Å². The Morgan fingerprint density at radius 2 is 1.93 bits per heavy atom. The summed E-state index contributed by atoms with van der Waals surface area (Å²) in [5.74, 6) is 1.53. The van der Waals surface area contributed by atoms with Crippen LogP contribution in [0.4, 0.5) is 11.4 Å². The van der Waals surface area contributed by atoms with Crippen LogP contribution in [0.25, 0.3) is 0 Å². The molecule has 1 fully saturated rings. The minimum Gasteiger partial charge on any atom is -0.378 e. The normalized spacial score (nSPS) is 19.5. The van der Waals surface area contributed by atoms with E-state index in [0.29, 0.717) is 19.1 Å². The maximum Gasteiger partial charge on any atom is 0.293 e. The average Bonchev–Trinajstić information content (AvgIpc) is 2.66. The standard InChI is InChI=1S/C19H31N5O4S.HI/c1-4-20-19(23-15-7-5-14(2)6-8-15)22-12-11-21-17-10-9-16(29(3,27)28)13-18(17)24(25)26;/h9-10,13-15,21H,4-8,11-12H2,1-3H3,(H2,20,22,23);1H. The van der Waals surface area contributed by atoms with Crippen LogP contribution in [-0.2, 0) is 9.84 Å². The zero-order valence-corrected chi connectivity index (χ0v) is 20.8. The van der Waals surface area contributed by atoms with Gasteiger partial charge in [-0.1, -0.05) is 6.92 Å². The average molecular weight is 553 g/mol. The van der Waals surface area contributed by atoms with Crippen LogP contribution in [0.2, 0.25) is 0 Å². The number of sulfone groups is 1. The number of nitro benzene ring substituents is 1. The third kappa shape index (κ3) is 8.25. The summed E-state index contributed by atoms with van der Waals surface area (Å²) in [6, 6.07) is 4.28. The highest BCUT2D eigenvalue weighted by molar-refractivity contribution is 14.0. The Hall–Kier alpha value is -1.63. The monoisotopic (exact) mass is 553 g/mol. The minimum atomic E-state index is -3.51. The number of anilines is 1. The van der Waals surface area contributed by atoms with Gasteiger partial charge in [0, 0.05) is 31.5 Å². The Balaban J connectivity index is 0.00000450. The Morgan fingerprint density at radius 3 is 2.50 bits per heavy atom. The fourth-order valence-corrected chi connectivity index (χ4v) is 3.96. The molecule has 0 saturated heterocycles. The van der Waals surface area contributed by atoms with Crippen molar-refractivity contribution in [3.8, 4) is 0 Å². The summed E-state index contributed by atoms with van der Waals surface area (Å²) in [4.78, 5) is 15.2. The first kappa shape index (κ1) is 26.4. The smallest absolute Gasteiger partial charge is 0.293 e. The SMILES string of the molecule is CCNC(=NCCNc1ccc(S(C)(=O)=O)cc1[N+](=O)[O-])NC1CCC(C)CC1.I. The van der Waals surface area contributed by atoms with Crippen molar-refractivity contribution >= 4 is 51.1 Å². The predicted octanol–water partition coefficient (Wildman–Crippen LogP) is 3.16. The van der Waals surface area contributed by atoms with Crippen molar-refractivity contribution in [2.45, 2.75) is 50.5 Å². The maximum absolute atomic E-state index is 11.6. The Labute approximate surface area is 195 Å². The lowest BCUT2D eigenvalue weighted by Crippen LogP contribution is -2.45. The van der Waals surface area contributed by atoms with Gasteiger partial charge < -0.3 is 16.0 Å². The number of nitro groups is 1. The number of guanidine groups is 1. The van der Waals surface area contributed by atoms with Crippen LogP contribution >= 0.6 is 24.0 Å². The zero-order chi connectivity index (χ0) is 21.4. The van der Waals surface area contributed by atoms with Crippen molar-refractivity contribution in [3.05, 3.63) is 28.3 Å². The molecule has 3 N–H and O–H groups in total. The van der Waals surface area contributed by atoms with E-state index in [-0.39, 0.29) is 40.2 Å². The third-order valence-electron chi connectivity index (χ3n) is 4.99. The summed E-state index contributed by atoms with van der Waals surface area (Å²) in [6.07, 6.45) is 5.71. The quantitative estimate of drug-likeness (QED) is 0.113. The van der Waals surface area contributed by atoms with E-state index in [0.717, 1.165) is 43.6 Å². The molecule has 0 aliphatic heterocycles. The van der Waals surface area contributed by atoms with Crippen molar-refractivity contribution in [2.24, 2.45) is 10.9 Å². The van der Waals surface area contributed by atoms with Gasteiger partial charge in [0.05, 0.1) is 16.4 Å². The number of rotatable bonds is 8. The van der Waals surface area contributed by atoms with Gasteiger partial charge in [0.25, 0.3) is 5.69 Å². The summed E-state index contributed by atoms with van der Waals surface area (Å²) in [5, 5.41) is 21.0. The molecule has 0 amide bonds. The molecule has 0 atom stereocenters. The molecule has 0 radical (unpaired) electrons. The third-order valence-corrected chi connectivity index (χ3v) is 6.10. The van der Waals surface area contributed by atoms with Crippen LogP contribution in [0, 0.1) is 16.0 Å². The molecule has 1 aliphatic carbocycles. The molecule has 0 heterocycles. The van der Waals surface area contributed by atoms with Crippen molar-refractivity contribution in [3.63, 3.8) is 0 Å². The Kier molecular flexibility index (Phi) is 10.8.